The van der Waals surface area contributed by atoms with Crippen LogP contribution in [0.1, 0.15) is 27.3 Å². The van der Waals surface area contributed by atoms with Gasteiger partial charge in [-0.3, -0.25) is 34.3 Å². The highest BCUT2D eigenvalue weighted by atomic mass is 32.1. The molecular formula is C30H24N4O3S. The van der Waals surface area contributed by atoms with Crippen LogP contribution in [0.2, 0.25) is 0 Å². The predicted molar refractivity (Wildman–Crippen MR) is 152 cm³/mol. The van der Waals surface area contributed by atoms with Crippen molar-refractivity contribution in [3.05, 3.63) is 125 Å². The molecule has 1 fully saturated rings. The molecule has 0 unspecified atom stereocenters. The molecule has 38 heavy (non-hydrogen) atoms. The van der Waals surface area contributed by atoms with Gasteiger partial charge in [0.2, 0.25) is 0 Å². The van der Waals surface area contributed by atoms with E-state index in [1.54, 1.807) is 83.5 Å². The third-order valence-corrected chi connectivity index (χ3v) is 6.66. The first kappa shape index (κ1) is 24.9. The molecule has 8 heteroatoms. The number of benzene rings is 3. The minimum absolute atomic E-state index is 0.0408. The van der Waals surface area contributed by atoms with Crippen molar-refractivity contribution >= 4 is 52.5 Å². The molecule has 0 atom stereocenters. The highest BCUT2D eigenvalue weighted by Gasteiger charge is 2.41. The number of anilines is 2. The van der Waals surface area contributed by atoms with E-state index in [1.807, 2.05) is 38.1 Å². The number of aryl methyl sites for hydroxylation is 1. The average molecular weight is 521 g/mol. The summed E-state index contributed by atoms with van der Waals surface area (Å²) < 4.78 is 1.65. The predicted octanol–water partition coefficient (Wildman–Crippen LogP) is 5.24. The number of thiocarbonyl (C=S) groups is 1. The Bertz CT molecular complexity index is 1510. The van der Waals surface area contributed by atoms with Crippen molar-refractivity contribution in [3.63, 3.8) is 0 Å². The van der Waals surface area contributed by atoms with Gasteiger partial charge < -0.3 is 0 Å². The van der Waals surface area contributed by atoms with Crippen molar-refractivity contribution in [2.24, 2.45) is 0 Å². The number of amides is 3. The van der Waals surface area contributed by atoms with Crippen molar-refractivity contribution in [2.75, 3.05) is 15.2 Å². The van der Waals surface area contributed by atoms with Crippen molar-refractivity contribution < 1.29 is 14.4 Å². The number of hydrogen-bond acceptors (Lipinski definition) is 4. The molecule has 0 radical (unpaired) electrons. The fraction of sp³-hybridized carbons (Fsp3) is 0.0667. The van der Waals surface area contributed by atoms with Gasteiger partial charge in [0.05, 0.1) is 11.4 Å². The van der Waals surface area contributed by atoms with Crippen LogP contribution in [0.3, 0.4) is 0 Å². The topological polar surface area (TPSA) is 74.7 Å². The summed E-state index contributed by atoms with van der Waals surface area (Å²) in [6, 6.07) is 28.7. The third kappa shape index (κ3) is 4.53. The van der Waals surface area contributed by atoms with Gasteiger partial charge in [0, 0.05) is 17.0 Å². The van der Waals surface area contributed by atoms with Gasteiger partial charge in [0.1, 0.15) is 5.57 Å². The Morgan fingerprint density at radius 1 is 0.763 bits per heavy atom. The number of nitrogens with one attached hydrogen (secondary N) is 1. The lowest BCUT2D eigenvalue weighted by Gasteiger charge is -2.36. The largest absolute Gasteiger partial charge is 0.270 e. The first-order chi connectivity index (χ1) is 18.4. The normalized spacial score (nSPS) is 13.6. The van der Waals surface area contributed by atoms with Gasteiger partial charge in [-0.15, -0.1) is 0 Å². The molecule has 1 saturated heterocycles. The van der Waals surface area contributed by atoms with Crippen molar-refractivity contribution in [1.29, 1.82) is 0 Å². The van der Waals surface area contributed by atoms with Gasteiger partial charge >= 0.3 is 0 Å². The maximum atomic E-state index is 13.7. The van der Waals surface area contributed by atoms with E-state index in [0.29, 0.717) is 28.2 Å². The van der Waals surface area contributed by atoms with Gasteiger partial charge in [-0.1, -0.05) is 54.6 Å². The van der Waals surface area contributed by atoms with E-state index in [-0.39, 0.29) is 16.6 Å². The number of carbonyl (C=O) groups excluding carboxylic acids is 3. The number of hydrogen-bond donors (Lipinski definition) is 1. The van der Waals surface area contributed by atoms with Crippen LogP contribution in [0.25, 0.3) is 6.08 Å². The molecule has 0 aliphatic carbocycles. The van der Waals surface area contributed by atoms with Crippen LogP contribution in [0.5, 0.6) is 0 Å². The number of rotatable bonds is 5. The summed E-state index contributed by atoms with van der Waals surface area (Å²) in [6.07, 6.45) is 1.56. The maximum Gasteiger partial charge on any atom is 0.270 e. The summed E-state index contributed by atoms with van der Waals surface area (Å²) in [5, 5.41) is 0.0788. The van der Waals surface area contributed by atoms with Gasteiger partial charge in [-0.05, 0) is 80.2 Å². The van der Waals surface area contributed by atoms with E-state index in [2.05, 4.69) is 5.43 Å². The molecule has 1 aliphatic rings. The standard InChI is InChI=1S/C30H24N4O3S/c1-20-18-23(21(2)34(20)31-27(35)22-12-6-3-7-13-22)19-26-28(36)32(24-14-8-4-9-15-24)30(38)33(29(26)37)25-16-10-5-11-17-25/h3-19H,1-2H3,(H,31,35). The Hall–Kier alpha value is -4.82. The van der Waals surface area contributed by atoms with E-state index in [4.69, 9.17) is 12.2 Å². The summed E-state index contributed by atoms with van der Waals surface area (Å²) in [6.45, 7) is 3.66. The Morgan fingerprint density at radius 3 is 1.74 bits per heavy atom. The summed E-state index contributed by atoms with van der Waals surface area (Å²) >= 11 is 5.66. The van der Waals surface area contributed by atoms with E-state index in [0.717, 1.165) is 5.69 Å². The quantitative estimate of drug-likeness (QED) is 0.222. The highest BCUT2D eigenvalue weighted by Crippen LogP contribution is 2.30. The van der Waals surface area contributed by atoms with Crippen LogP contribution in [0.4, 0.5) is 11.4 Å². The third-order valence-electron chi connectivity index (χ3n) is 6.30. The van der Waals surface area contributed by atoms with Crippen LogP contribution in [0, 0.1) is 13.8 Å². The average Bonchev–Trinajstić information content (AvgIpc) is 3.20. The summed E-state index contributed by atoms with van der Waals surface area (Å²) in [7, 11) is 0. The van der Waals surface area contributed by atoms with E-state index in [9.17, 15) is 14.4 Å². The fourth-order valence-electron chi connectivity index (χ4n) is 4.36. The minimum atomic E-state index is -0.517. The van der Waals surface area contributed by atoms with E-state index < -0.39 is 11.8 Å². The van der Waals surface area contributed by atoms with Crippen LogP contribution >= 0.6 is 12.2 Å². The first-order valence-corrected chi connectivity index (χ1v) is 12.4. The molecule has 3 aromatic carbocycles. The molecule has 1 aromatic heterocycles. The van der Waals surface area contributed by atoms with E-state index in [1.165, 1.54) is 9.80 Å². The van der Waals surface area contributed by atoms with Crippen molar-refractivity contribution in [2.45, 2.75) is 13.8 Å². The lowest BCUT2D eigenvalue weighted by Crippen LogP contribution is -2.56. The fourth-order valence-corrected chi connectivity index (χ4v) is 4.73. The van der Waals surface area contributed by atoms with Crippen LogP contribution < -0.4 is 15.2 Å². The van der Waals surface area contributed by atoms with Gasteiger partial charge in [-0.25, -0.2) is 0 Å². The molecular weight excluding hydrogens is 496 g/mol. The van der Waals surface area contributed by atoms with Gasteiger partial charge in [0.15, 0.2) is 5.11 Å². The van der Waals surface area contributed by atoms with Crippen LogP contribution in [-0.2, 0) is 9.59 Å². The molecule has 1 aliphatic heterocycles. The van der Waals surface area contributed by atoms with Crippen molar-refractivity contribution in [1.82, 2.24) is 4.68 Å². The molecule has 0 spiro atoms. The number of nitrogens with zero attached hydrogens (tertiary/aromatic N) is 3. The molecule has 188 valence electrons. The second kappa shape index (κ2) is 10.3. The first-order valence-electron chi connectivity index (χ1n) is 12.0. The smallest absolute Gasteiger partial charge is 0.268 e. The zero-order valence-corrected chi connectivity index (χ0v) is 21.6. The van der Waals surface area contributed by atoms with Gasteiger partial charge in [0.25, 0.3) is 17.7 Å². The molecule has 2 heterocycles. The summed E-state index contributed by atoms with van der Waals surface area (Å²) in [4.78, 5) is 43.0. The number of carbonyl (C=O) groups is 3. The van der Waals surface area contributed by atoms with Crippen LogP contribution in [-0.4, -0.2) is 27.5 Å². The number of aromatic nitrogens is 1. The zero-order chi connectivity index (χ0) is 26.8. The molecule has 7 nitrogen and oxygen atoms in total. The van der Waals surface area contributed by atoms with E-state index >= 15 is 0 Å². The molecule has 4 aromatic rings. The zero-order valence-electron chi connectivity index (χ0n) is 20.8. The molecule has 0 saturated carbocycles. The Morgan fingerprint density at radius 2 is 1.24 bits per heavy atom. The second-order valence-corrected chi connectivity index (χ2v) is 9.13. The summed E-state index contributed by atoms with van der Waals surface area (Å²) in [5.41, 5.74) is 6.52. The molecule has 3 amide bonds. The Kier molecular flexibility index (Phi) is 6.72. The van der Waals surface area contributed by atoms with Crippen LogP contribution in [0.15, 0.2) is 103 Å². The SMILES string of the molecule is Cc1cc(C=C2C(=O)N(c3ccccc3)C(=S)N(c3ccccc3)C2=O)c(C)n1NC(=O)c1ccccc1. The number of para-hydroxylation sites is 2. The monoisotopic (exact) mass is 520 g/mol. The lowest BCUT2D eigenvalue weighted by molar-refractivity contribution is -0.120. The Balaban J connectivity index is 1.57. The van der Waals surface area contributed by atoms with Gasteiger partial charge in [-0.2, -0.15) is 0 Å². The molecule has 1 N–H and O–H groups in total. The second-order valence-electron chi connectivity index (χ2n) is 8.76. The molecule has 5 rings (SSSR count). The maximum absolute atomic E-state index is 13.7. The summed E-state index contributed by atoms with van der Waals surface area (Å²) in [5.74, 6) is -1.31. The lowest BCUT2D eigenvalue weighted by atomic mass is 10.1. The highest BCUT2D eigenvalue weighted by molar-refractivity contribution is 7.81. The molecule has 0 bridgehead atoms. The minimum Gasteiger partial charge on any atom is -0.268 e. The van der Waals surface area contributed by atoms with Crippen molar-refractivity contribution in [3.8, 4) is 0 Å². The Labute approximate surface area is 225 Å².